The second-order valence-corrected chi connectivity index (χ2v) is 7.10. The molecule has 2 aromatic carbocycles. The second-order valence-electron chi connectivity index (χ2n) is 7.10. The fraction of sp³-hybridized carbons (Fsp3) is 0.130. The van der Waals surface area contributed by atoms with Gasteiger partial charge in [-0.05, 0) is 36.4 Å². The summed E-state index contributed by atoms with van der Waals surface area (Å²) in [5.41, 5.74) is 2.70. The van der Waals surface area contributed by atoms with E-state index < -0.39 is 0 Å². The van der Waals surface area contributed by atoms with Crippen LogP contribution in [0.3, 0.4) is 0 Å². The topological polar surface area (TPSA) is 79.8 Å². The van der Waals surface area contributed by atoms with Gasteiger partial charge in [0.25, 0.3) is 5.56 Å². The summed E-state index contributed by atoms with van der Waals surface area (Å²) in [6.07, 6.45) is 2.01. The Morgan fingerprint density at radius 2 is 1.90 bits per heavy atom. The fourth-order valence-corrected chi connectivity index (χ4v) is 3.88. The molecule has 4 aromatic rings. The first-order valence-electron chi connectivity index (χ1n) is 9.41. The van der Waals surface area contributed by atoms with E-state index in [1.165, 1.54) is 0 Å². The Balaban J connectivity index is 1.76. The maximum absolute atomic E-state index is 13.2. The van der Waals surface area contributed by atoms with Crippen LogP contribution in [0.4, 0.5) is 11.4 Å². The first-order valence-corrected chi connectivity index (χ1v) is 9.41. The molecule has 1 aliphatic heterocycles. The molecule has 5 rings (SSSR count). The van der Waals surface area contributed by atoms with Crippen molar-refractivity contribution in [2.75, 3.05) is 5.32 Å². The van der Waals surface area contributed by atoms with Crippen LogP contribution in [0.1, 0.15) is 23.8 Å². The van der Waals surface area contributed by atoms with Gasteiger partial charge in [0.2, 0.25) is 0 Å². The van der Waals surface area contributed by atoms with Crippen molar-refractivity contribution in [1.82, 2.24) is 4.57 Å². The number of furan rings is 1. The number of para-hydroxylation sites is 3. The number of rotatable bonds is 2. The van der Waals surface area contributed by atoms with Crippen molar-refractivity contribution in [3.05, 3.63) is 88.6 Å². The van der Waals surface area contributed by atoms with Gasteiger partial charge in [-0.1, -0.05) is 24.3 Å². The zero-order chi connectivity index (χ0) is 20.0. The van der Waals surface area contributed by atoms with Gasteiger partial charge < -0.3 is 19.4 Å². The minimum atomic E-state index is -0.280. The van der Waals surface area contributed by atoms with Gasteiger partial charge in [-0.15, -0.1) is 0 Å². The molecule has 0 spiro atoms. The highest BCUT2D eigenvalue weighted by Crippen LogP contribution is 2.37. The van der Waals surface area contributed by atoms with Gasteiger partial charge in [0.1, 0.15) is 17.1 Å². The van der Waals surface area contributed by atoms with Crippen molar-refractivity contribution in [3.63, 3.8) is 0 Å². The molecule has 0 fully saturated rings. The van der Waals surface area contributed by atoms with Crippen molar-refractivity contribution in [2.45, 2.75) is 12.5 Å². The summed E-state index contributed by atoms with van der Waals surface area (Å²) < 4.78 is 7.17. The molecule has 2 N–H and O–H groups in total. The average Bonchev–Trinajstić information content (AvgIpc) is 3.21. The summed E-state index contributed by atoms with van der Waals surface area (Å²) in [5, 5.41) is 15.1. The third-order valence-corrected chi connectivity index (χ3v) is 5.34. The first-order chi connectivity index (χ1) is 14.1. The largest absolute Gasteiger partial charge is 0.506 e. The van der Waals surface area contributed by atoms with E-state index in [0.29, 0.717) is 28.7 Å². The molecule has 0 radical (unpaired) electrons. The highest BCUT2D eigenvalue weighted by molar-refractivity contribution is 6.08. The van der Waals surface area contributed by atoms with E-state index in [1.807, 2.05) is 54.6 Å². The lowest BCUT2D eigenvalue weighted by Gasteiger charge is -2.17. The molecule has 0 aliphatic carbocycles. The standard InChI is InChI=1S/C23H19N3O3/c1-26-19-10-5-2-7-14(19)22(27)21(23(26)28)18-13-17(20-11-6-12-29-20)24-15-8-3-4-9-16(15)25-18/h2-12,17,24,27H,13H2,1H3/t17-/m1/s1. The molecule has 6 heteroatoms. The Bertz CT molecular complexity index is 1300. The highest BCUT2D eigenvalue weighted by atomic mass is 16.3. The Morgan fingerprint density at radius 1 is 1.10 bits per heavy atom. The fourth-order valence-electron chi connectivity index (χ4n) is 3.88. The quantitative estimate of drug-likeness (QED) is 0.532. The SMILES string of the molecule is Cn1c(=O)c(C2=Nc3ccccc3N[C@@H](c3ccco3)C2)c(O)c2ccccc21. The molecular formula is C23H19N3O3. The highest BCUT2D eigenvalue weighted by Gasteiger charge is 2.27. The molecular weight excluding hydrogens is 366 g/mol. The average molecular weight is 385 g/mol. The lowest BCUT2D eigenvalue weighted by Crippen LogP contribution is -2.26. The van der Waals surface area contributed by atoms with Crippen molar-refractivity contribution in [1.29, 1.82) is 0 Å². The third kappa shape index (κ3) is 2.81. The van der Waals surface area contributed by atoms with E-state index >= 15 is 0 Å². The number of hydrogen-bond acceptors (Lipinski definition) is 5. The molecule has 0 bridgehead atoms. The molecule has 3 heterocycles. The number of hydrogen-bond donors (Lipinski definition) is 2. The summed E-state index contributed by atoms with van der Waals surface area (Å²) in [6.45, 7) is 0. The number of nitrogens with one attached hydrogen (secondary N) is 1. The van der Waals surface area contributed by atoms with Gasteiger partial charge in [-0.25, -0.2) is 0 Å². The van der Waals surface area contributed by atoms with Gasteiger partial charge in [-0.3, -0.25) is 9.79 Å². The molecule has 0 amide bonds. The van der Waals surface area contributed by atoms with Crippen molar-refractivity contribution >= 4 is 28.0 Å². The number of benzene rings is 2. The molecule has 2 aromatic heterocycles. The molecule has 29 heavy (non-hydrogen) atoms. The van der Waals surface area contributed by atoms with E-state index in [1.54, 1.807) is 23.9 Å². The minimum absolute atomic E-state index is 0.0416. The predicted molar refractivity (Wildman–Crippen MR) is 113 cm³/mol. The zero-order valence-electron chi connectivity index (χ0n) is 15.8. The lowest BCUT2D eigenvalue weighted by molar-refractivity contribution is 0.475. The summed E-state index contributed by atoms with van der Waals surface area (Å²) in [7, 11) is 1.71. The van der Waals surface area contributed by atoms with Gasteiger partial charge in [0, 0.05) is 18.9 Å². The van der Waals surface area contributed by atoms with E-state index in [-0.39, 0.29) is 22.9 Å². The van der Waals surface area contributed by atoms with Crippen LogP contribution in [0.15, 0.2) is 81.1 Å². The van der Waals surface area contributed by atoms with Crippen molar-refractivity contribution in [2.24, 2.45) is 12.0 Å². The number of nitrogens with zero attached hydrogens (tertiary/aromatic N) is 2. The molecule has 6 nitrogen and oxygen atoms in total. The number of anilines is 1. The number of aryl methyl sites for hydroxylation is 1. The molecule has 0 saturated heterocycles. The molecule has 144 valence electrons. The van der Waals surface area contributed by atoms with Crippen LogP contribution in [0, 0.1) is 0 Å². The van der Waals surface area contributed by atoms with Gasteiger partial charge in [-0.2, -0.15) is 0 Å². The van der Waals surface area contributed by atoms with Crippen LogP contribution in [0.5, 0.6) is 5.75 Å². The monoisotopic (exact) mass is 385 g/mol. The number of aromatic nitrogens is 1. The third-order valence-electron chi connectivity index (χ3n) is 5.34. The van der Waals surface area contributed by atoms with Crippen molar-refractivity contribution in [3.8, 4) is 5.75 Å². The minimum Gasteiger partial charge on any atom is -0.506 e. The summed E-state index contributed by atoms with van der Waals surface area (Å²) in [4.78, 5) is 18.0. The number of pyridine rings is 1. The van der Waals surface area contributed by atoms with Gasteiger partial charge in [0.05, 0.1) is 34.9 Å². The smallest absolute Gasteiger partial charge is 0.263 e. The maximum Gasteiger partial charge on any atom is 0.263 e. The summed E-state index contributed by atoms with van der Waals surface area (Å²) in [6, 6.07) is 18.5. The lowest BCUT2D eigenvalue weighted by atomic mass is 9.99. The van der Waals surface area contributed by atoms with Crippen LogP contribution < -0.4 is 10.9 Å². The Kier molecular flexibility index (Phi) is 3.98. The second kappa shape index (κ2) is 6.67. The zero-order valence-corrected chi connectivity index (χ0v) is 15.8. The molecule has 1 atom stereocenters. The van der Waals surface area contributed by atoms with Gasteiger partial charge >= 0.3 is 0 Å². The molecule has 0 unspecified atom stereocenters. The molecule has 0 saturated carbocycles. The predicted octanol–water partition coefficient (Wildman–Crippen LogP) is 4.51. The Hall–Kier alpha value is -3.80. The summed E-state index contributed by atoms with van der Waals surface area (Å²) in [5.74, 6) is 0.700. The Morgan fingerprint density at radius 3 is 2.72 bits per heavy atom. The van der Waals surface area contributed by atoms with Crippen molar-refractivity contribution < 1.29 is 9.52 Å². The van der Waals surface area contributed by atoms with E-state index in [0.717, 1.165) is 11.4 Å². The molecule has 1 aliphatic rings. The van der Waals surface area contributed by atoms with E-state index in [9.17, 15) is 9.90 Å². The van der Waals surface area contributed by atoms with Crippen LogP contribution in [-0.4, -0.2) is 15.4 Å². The summed E-state index contributed by atoms with van der Waals surface area (Å²) >= 11 is 0. The normalized spacial score (nSPS) is 16.0. The number of aliphatic imine (C=N–C) groups is 1. The van der Waals surface area contributed by atoms with Crippen LogP contribution in [0.2, 0.25) is 0 Å². The number of fused-ring (bicyclic) bond motifs is 2. The van der Waals surface area contributed by atoms with Gasteiger partial charge in [0.15, 0.2) is 0 Å². The van der Waals surface area contributed by atoms with E-state index in [2.05, 4.69) is 5.32 Å². The van der Waals surface area contributed by atoms with Crippen LogP contribution >= 0.6 is 0 Å². The van der Waals surface area contributed by atoms with Crippen LogP contribution in [0.25, 0.3) is 10.9 Å². The van der Waals surface area contributed by atoms with Crippen LogP contribution in [-0.2, 0) is 7.05 Å². The maximum atomic E-state index is 13.2. The first kappa shape index (κ1) is 17.3. The van der Waals surface area contributed by atoms with E-state index in [4.69, 9.17) is 9.41 Å². The number of aromatic hydroxyl groups is 1. The Labute approximate surface area is 166 Å².